The van der Waals surface area contributed by atoms with Crippen LogP contribution in [0.15, 0.2) is 0 Å². The van der Waals surface area contributed by atoms with Gasteiger partial charge in [0.2, 0.25) is 0 Å². The largest absolute Gasteiger partial charge is 0.396 e. The van der Waals surface area contributed by atoms with Crippen LogP contribution in [0.2, 0.25) is 0 Å². The van der Waals surface area contributed by atoms with Crippen LogP contribution in [0, 0.1) is 5.41 Å². The highest BCUT2D eigenvalue weighted by molar-refractivity contribution is 5.85. The van der Waals surface area contributed by atoms with E-state index in [-0.39, 0.29) is 19.0 Å². The fourth-order valence-corrected chi connectivity index (χ4v) is 0.733. The minimum Gasteiger partial charge on any atom is -0.396 e. The Labute approximate surface area is 73.9 Å². The first kappa shape index (κ1) is 13.5. The molecule has 4 N–H and O–H groups in total. The molecule has 0 saturated carbocycles. The van der Waals surface area contributed by atoms with Gasteiger partial charge in [0.05, 0.1) is 0 Å². The van der Waals surface area contributed by atoms with Gasteiger partial charge in [-0.1, -0.05) is 0 Å². The molecule has 0 aromatic rings. The molecule has 11 heavy (non-hydrogen) atoms. The van der Waals surface area contributed by atoms with Crippen LogP contribution in [-0.4, -0.2) is 24.0 Å². The maximum Gasteiger partial charge on any atom is 0.0434 e. The molecule has 0 amide bonds. The second-order valence-corrected chi connectivity index (χ2v) is 2.32. The normalized spacial score (nSPS) is 8.91. The van der Waals surface area contributed by atoms with Gasteiger partial charge in [-0.05, 0) is 32.2 Å². The second kappa shape index (κ2) is 9.88. The van der Waals surface area contributed by atoms with Gasteiger partial charge in [-0.2, -0.15) is 0 Å². The summed E-state index contributed by atoms with van der Waals surface area (Å²) in [7, 11) is 0. The fraction of sp³-hybridized carbons (Fsp3) is 0.857. The zero-order valence-corrected chi connectivity index (χ0v) is 7.49. The summed E-state index contributed by atoms with van der Waals surface area (Å²) in [6.45, 7) is 0.840. The molecular formula is C7H17ClN2O. The standard InChI is InChI=1S/C7H16N2O.ClH/c8-5-1-3-7(9)4-2-6-10;/h9-10H,1-6,8H2;1H. The molecule has 0 saturated heterocycles. The average Bonchev–Trinajstić information content (AvgIpc) is 1.97. The maximum atomic E-state index is 8.42. The molecule has 4 heteroatoms. The van der Waals surface area contributed by atoms with Gasteiger partial charge in [0, 0.05) is 12.3 Å². The van der Waals surface area contributed by atoms with Gasteiger partial charge in [-0.3, -0.25) is 0 Å². The summed E-state index contributed by atoms with van der Waals surface area (Å²) < 4.78 is 0. The van der Waals surface area contributed by atoms with E-state index in [2.05, 4.69) is 0 Å². The molecule has 0 heterocycles. The van der Waals surface area contributed by atoms with Crippen LogP contribution in [0.3, 0.4) is 0 Å². The molecule has 0 aliphatic carbocycles. The molecule has 0 unspecified atom stereocenters. The summed E-state index contributed by atoms with van der Waals surface area (Å²) in [6, 6.07) is 0. The Morgan fingerprint density at radius 2 is 1.82 bits per heavy atom. The summed E-state index contributed by atoms with van der Waals surface area (Å²) >= 11 is 0. The molecule has 0 aliphatic rings. The first-order chi connectivity index (χ1) is 4.81. The highest BCUT2D eigenvalue weighted by Crippen LogP contribution is 1.96. The average molecular weight is 181 g/mol. The van der Waals surface area contributed by atoms with E-state index in [1.807, 2.05) is 0 Å². The number of hydrogen-bond acceptors (Lipinski definition) is 3. The fourth-order valence-electron chi connectivity index (χ4n) is 0.733. The first-order valence-corrected chi connectivity index (χ1v) is 3.68. The second-order valence-electron chi connectivity index (χ2n) is 2.32. The molecule has 0 radical (unpaired) electrons. The Bertz CT molecular complexity index is 88.4. The van der Waals surface area contributed by atoms with Crippen LogP contribution in [0.1, 0.15) is 25.7 Å². The Kier molecular flexibility index (Phi) is 12.1. The minimum atomic E-state index is 0. The van der Waals surface area contributed by atoms with Crippen LogP contribution in [0.5, 0.6) is 0 Å². The van der Waals surface area contributed by atoms with Gasteiger partial charge >= 0.3 is 0 Å². The molecule has 0 rings (SSSR count). The van der Waals surface area contributed by atoms with Crippen molar-refractivity contribution in [3.8, 4) is 0 Å². The van der Waals surface area contributed by atoms with Crippen LogP contribution < -0.4 is 5.73 Å². The summed E-state index contributed by atoms with van der Waals surface area (Å²) in [6.07, 6.45) is 3.11. The van der Waals surface area contributed by atoms with E-state index < -0.39 is 0 Å². The number of hydrogen-bond donors (Lipinski definition) is 3. The molecular weight excluding hydrogens is 164 g/mol. The van der Waals surface area contributed by atoms with Crippen molar-refractivity contribution < 1.29 is 5.11 Å². The highest BCUT2D eigenvalue weighted by atomic mass is 35.5. The van der Waals surface area contributed by atoms with E-state index in [0.717, 1.165) is 19.3 Å². The zero-order chi connectivity index (χ0) is 7.82. The lowest BCUT2D eigenvalue weighted by Crippen LogP contribution is -2.04. The number of aliphatic hydroxyl groups is 1. The van der Waals surface area contributed by atoms with Gasteiger partial charge in [0.15, 0.2) is 0 Å². The predicted octanol–water partition coefficient (Wildman–Crippen LogP) is 0.939. The Balaban J connectivity index is 0. The third-order valence-corrected chi connectivity index (χ3v) is 1.32. The minimum absolute atomic E-state index is 0. The lowest BCUT2D eigenvalue weighted by molar-refractivity contribution is 0.291. The van der Waals surface area contributed by atoms with Crippen molar-refractivity contribution in [1.82, 2.24) is 0 Å². The molecule has 0 aromatic carbocycles. The lowest BCUT2D eigenvalue weighted by atomic mass is 10.1. The molecule has 0 atom stereocenters. The SMILES string of the molecule is Cl.N=C(CCCN)CCCO. The monoisotopic (exact) mass is 180 g/mol. The highest BCUT2D eigenvalue weighted by Gasteiger charge is 1.94. The summed E-state index contributed by atoms with van der Waals surface area (Å²) in [5, 5.41) is 15.7. The van der Waals surface area contributed by atoms with E-state index >= 15 is 0 Å². The van der Waals surface area contributed by atoms with Crippen LogP contribution in [0.25, 0.3) is 0 Å². The van der Waals surface area contributed by atoms with Gasteiger partial charge in [-0.25, -0.2) is 0 Å². The molecule has 0 aromatic heterocycles. The molecule has 0 fully saturated rings. The van der Waals surface area contributed by atoms with Gasteiger partial charge < -0.3 is 16.2 Å². The van der Waals surface area contributed by atoms with Crippen molar-refractivity contribution >= 4 is 18.1 Å². The topological polar surface area (TPSA) is 70.1 Å². The summed E-state index contributed by atoms with van der Waals surface area (Å²) in [4.78, 5) is 0. The molecule has 68 valence electrons. The van der Waals surface area contributed by atoms with E-state index in [4.69, 9.17) is 16.2 Å². The number of halogens is 1. The summed E-state index contributed by atoms with van der Waals surface area (Å²) in [5.74, 6) is 0. The molecule has 0 spiro atoms. The van der Waals surface area contributed by atoms with E-state index in [1.54, 1.807) is 0 Å². The predicted molar refractivity (Wildman–Crippen MR) is 49.6 cm³/mol. The number of nitrogens with one attached hydrogen (secondary N) is 1. The number of nitrogens with two attached hydrogens (primary N) is 1. The van der Waals surface area contributed by atoms with Crippen LogP contribution >= 0.6 is 12.4 Å². The van der Waals surface area contributed by atoms with Crippen molar-refractivity contribution in [2.75, 3.05) is 13.2 Å². The van der Waals surface area contributed by atoms with Crippen molar-refractivity contribution in [2.24, 2.45) is 5.73 Å². The Morgan fingerprint density at radius 3 is 2.27 bits per heavy atom. The first-order valence-electron chi connectivity index (χ1n) is 3.68. The molecule has 0 bridgehead atoms. The maximum absolute atomic E-state index is 8.42. The Morgan fingerprint density at radius 1 is 1.27 bits per heavy atom. The van der Waals surface area contributed by atoms with E-state index in [0.29, 0.717) is 18.7 Å². The van der Waals surface area contributed by atoms with Gasteiger partial charge in [0.1, 0.15) is 0 Å². The zero-order valence-electron chi connectivity index (χ0n) is 6.68. The van der Waals surface area contributed by atoms with E-state index in [9.17, 15) is 0 Å². The smallest absolute Gasteiger partial charge is 0.0434 e. The van der Waals surface area contributed by atoms with Crippen molar-refractivity contribution in [3.63, 3.8) is 0 Å². The lowest BCUT2D eigenvalue weighted by Gasteiger charge is -1.99. The number of rotatable bonds is 6. The van der Waals surface area contributed by atoms with E-state index in [1.165, 1.54) is 0 Å². The van der Waals surface area contributed by atoms with Crippen molar-refractivity contribution in [3.05, 3.63) is 0 Å². The van der Waals surface area contributed by atoms with Crippen molar-refractivity contribution in [1.29, 1.82) is 5.41 Å². The van der Waals surface area contributed by atoms with Crippen molar-refractivity contribution in [2.45, 2.75) is 25.7 Å². The Hall–Kier alpha value is -0.120. The number of aliphatic hydroxyl groups excluding tert-OH is 1. The molecule has 0 aliphatic heterocycles. The third kappa shape index (κ3) is 9.88. The summed E-state index contributed by atoms with van der Waals surface area (Å²) in [5.41, 5.74) is 5.97. The van der Waals surface area contributed by atoms with Gasteiger partial charge in [-0.15, -0.1) is 12.4 Å². The van der Waals surface area contributed by atoms with Crippen LogP contribution in [0.4, 0.5) is 0 Å². The molecule has 3 nitrogen and oxygen atoms in total. The van der Waals surface area contributed by atoms with Crippen LogP contribution in [-0.2, 0) is 0 Å². The van der Waals surface area contributed by atoms with Gasteiger partial charge in [0.25, 0.3) is 0 Å². The third-order valence-electron chi connectivity index (χ3n) is 1.32. The quantitative estimate of drug-likeness (QED) is 0.533.